The summed E-state index contributed by atoms with van der Waals surface area (Å²) in [5, 5.41) is 15.5. The van der Waals surface area contributed by atoms with E-state index in [0.29, 0.717) is 6.61 Å². The Balaban J connectivity index is 2.27. The van der Waals surface area contributed by atoms with E-state index in [4.69, 9.17) is 4.74 Å². The van der Waals surface area contributed by atoms with Crippen LogP contribution in [0.25, 0.3) is 5.69 Å². The number of tetrazole rings is 1. The van der Waals surface area contributed by atoms with Gasteiger partial charge in [0.2, 0.25) is 0 Å². The van der Waals surface area contributed by atoms with Crippen LogP contribution < -0.4 is 5.32 Å². The van der Waals surface area contributed by atoms with Crippen LogP contribution in [-0.2, 0) is 11.2 Å². The molecule has 2 rings (SSSR count). The Hall–Kier alpha value is -1.31. The number of rotatable bonds is 7. The van der Waals surface area contributed by atoms with Crippen molar-refractivity contribution < 1.29 is 4.74 Å². The maximum absolute atomic E-state index is 5.05. The third kappa shape index (κ3) is 3.87. The van der Waals surface area contributed by atoms with Gasteiger partial charge in [-0.25, -0.2) is 0 Å². The standard InChI is InChI=1S/C14H20BrN5O/c1-4-11-9-12(15)5-6-13(11)20-14(17-18-19-20)10(2)16-7-8-21-3/h5-6,9-10,16H,4,7-8H2,1-3H3. The minimum absolute atomic E-state index is 0.0449. The Labute approximate surface area is 133 Å². The zero-order valence-corrected chi connectivity index (χ0v) is 14.1. The van der Waals surface area contributed by atoms with Gasteiger partial charge >= 0.3 is 0 Å². The average Bonchev–Trinajstić information content (AvgIpc) is 2.96. The number of hydrogen-bond donors (Lipinski definition) is 1. The lowest BCUT2D eigenvalue weighted by atomic mass is 10.1. The Morgan fingerprint density at radius 3 is 2.95 bits per heavy atom. The Morgan fingerprint density at radius 2 is 2.24 bits per heavy atom. The molecule has 0 aliphatic rings. The molecule has 0 fully saturated rings. The number of ether oxygens (including phenoxy) is 1. The van der Waals surface area contributed by atoms with Crippen molar-refractivity contribution in [2.45, 2.75) is 26.3 Å². The van der Waals surface area contributed by atoms with Gasteiger partial charge in [-0.05, 0) is 47.5 Å². The Bertz CT molecular complexity index is 586. The first-order chi connectivity index (χ1) is 10.2. The summed E-state index contributed by atoms with van der Waals surface area (Å²) < 4.78 is 7.91. The van der Waals surface area contributed by atoms with Crippen LogP contribution >= 0.6 is 15.9 Å². The predicted octanol–water partition coefficient (Wildman–Crippen LogP) is 2.28. The van der Waals surface area contributed by atoms with Crippen molar-refractivity contribution in [3.8, 4) is 5.69 Å². The van der Waals surface area contributed by atoms with Gasteiger partial charge in [-0.3, -0.25) is 0 Å². The Kier molecular flexibility index (Phi) is 5.84. The lowest BCUT2D eigenvalue weighted by molar-refractivity contribution is 0.196. The number of methoxy groups -OCH3 is 1. The van der Waals surface area contributed by atoms with Gasteiger partial charge in [0.05, 0.1) is 18.3 Å². The molecule has 21 heavy (non-hydrogen) atoms. The van der Waals surface area contributed by atoms with Crippen molar-refractivity contribution in [1.29, 1.82) is 0 Å². The van der Waals surface area contributed by atoms with E-state index < -0.39 is 0 Å². The van der Waals surface area contributed by atoms with Gasteiger partial charge in [0, 0.05) is 18.1 Å². The third-order valence-electron chi connectivity index (χ3n) is 3.29. The molecule has 0 aliphatic heterocycles. The van der Waals surface area contributed by atoms with Crippen LogP contribution in [0, 0.1) is 0 Å². The third-order valence-corrected chi connectivity index (χ3v) is 3.78. The van der Waals surface area contributed by atoms with Crippen molar-refractivity contribution in [3.63, 3.8) is 0 Å². The summed E-state index contributed by atoms with van der Waals surface area (Å²) in [4.78, 5) is 0. The molecule has 2 aromatic rings. The zero-order chi connectivity index (χ0) is 15.2. The van der Waals surface area contributed by atoms with Crippen LogP contribution in [0.4, 0.5) is 0 Å². The normalized spacial score (nSPS) is 12.6. The molecule has 7 heteroatoms. The second kappa shape index (κ2) is 7.63. The van der Waals surface area contributed by atoms with E-state index in [1.807, 2.05) is 19.1 Å². The molecule has 1 heterocycles. The molecular weight excluding hydrogens is 334 g/mol. The number of nitrogens with zero attached hydrogens (tertiary/aromatic N) is 4. The van der Waals surface area contributed by atoms with Crippen molar-refractivity contribution >= 4 is 15.9 Å². The molecule has 1 atom stereocenters. The summed E-state index contributed by atoms with van der Waals surface area (Å²) in [5.41, 5.74) is 2.21. The second-order valence-corrected chi connectivity index (χ2v) is 5.66. The average molecular weight is 354 g/mol. The lowest BCUT2D eigenvalue weighted by Crippen LogP contribution is -2.25. The molecule has 0 saturated carbocycles. The number of nitrogens with one attached hydrogen (secondary N) is 1. The van der Waals surface area contributed by atoms with Gasteiger partial charge in [0.15, 0.2) is 5.82 Å². The highest BCUT2D eigenvalue weighted by Gasteiger charge is 2.17. The van der Waals surface area contributed by atoms with Gasteiger partial charge in [0.1, 0.15) is 0 Å². The summed E-state index contributed by atoms with van der Waals surface area (Å²) in [6.45, 7) is 5.58. The summed E-state index contributed by atoms with van der Waals surface area (Å²) in [6, 6.07) is 6.18. The van der Waals surface area contributed by atoms with Crippen LogP contribution in [0.3, 0.4) is 0 Å². The van der Waals surface area contributed by atoms with E-state index in [-0.39, 0.29) is 6.04 Å². The second-order valence-electron chi connectivity index (χ2n) is 4.74. The fraction of sp³-hybridized carbons (Fsp3) is 0.500. The minimum atomic E-state index is 0.0449. The molecule has 0 saturated heterocycles. The monoisotopic (exact) mass is 353 g/mol. The van der Waals surface area contributed by atoms with Crippen molar-refractivity contribution in [2.75, 3.05) is 20.3 Å². The molecule has 1 N–H and O–H groups in total. The summed E-state index contributed by atoms with van der Waals surface area (Å²) >= 11 is 3.50. The molecular formula is C14H20BrN5O. The molecule has 1 unspecified atom stereocenters. The van der Waals surface area contributed by atoms with Gasteiger partial charge < -0.3 is 10.1 Å². The molecule has 0 radical (unpaired) electrons. The Morgan fingerprint density at radius 1 is 1.43 bits per heavy atom. The fourth-order valence-electron chi connectivity index (χ4n) is 2.15. The highest BCUT2D eigenvalue weighted by Crippen LogP contribution is 2.22. The first kappa shape index (κ1) is 16.1. The van der Waals surface area contributed by atoms with E-state index in [9.17, 15) is 0 Å². The number of benzene rings is 1. The number of aryl methyl sites for hydroxylation is 1. The molecule has 114 valence electrons. The SMILES string of the molecule is CCc1cc(Br)ccc1-n1nnnc1C(C)NCCOC. The number of aromatic nitrogens is 4. The van der Waals surface area contributed by atoms with E-state index >= 15 is 0 Å². The van der Waals surface area contributed by atoms with Crippen LogP contribution in [-0.4, -0.2) is 40.5 Å². The number of hydrogen-bond acceptors (Lipinski definition) is 5. The van der Waals surface area contributed by atoms with E-state index in [0.717, 1.165) is 29.0 Å². The molecule has 0 spiro atoms. The molecule has 0 aliphatic carbocycles. The molecule has 1 aromatic heterocycles. The van der Waals surface area contributed by atoms with Crippen LogP contribution in [0.5, 0.6) is 0 Å². The molecule has 0 amide bonds. The van der Waals surface area contributed by atoms with Crippen LogP contribution in [0.15, 0.2) is 22.7 Å². The molecule has 0 bridgehead atoms. The minimum Gasteiger partial charge on any atom is -0.383 e. The van der Waals surface area contributed by atoms with E-state index in [1.54, 1.807) is 11.8 Å². The summed E-state index contributed by atoms with van der Waals surface area (Å²) in [5.74, 6) is 0.795. The topological polar surface area (TPSA) is 64.9 Å². The maximum atomic E-state index is 5.05. The van der Waals surface area contributed by atoms with Crippen LogP contribution in [0.2, 0.25) is 0 Å². The summed E-state index contributed by atoms with van der Waals surface area (Å²) in [6.07, 6.45) is 0.916. The van der Waals surface area contributed by atoms with Gasteiger partial charge in [-0.1, -0.05) is 22.9 Å². The summed E-state index contributed by atoms with van der Waals surface area (Å²) in [7, 11) is 1.69. The fourth-order valence-corrected chi connectivity index (χ4v) is 2.56. The van der Waals surface area contributed by atoms with E-state index in [1.165, 1.54) is 5.56 Å². The predicted molar refractivity (Wildman–Crippen MR) is 84.5 cm³/mol. The van der Waals surface area contributed by atoms with Crippen molar-refractivity contribution in [1.82, 2.24) is 25.5 Å². The van der Waals surface area contributed by atoms with Gasteiger partial charge in [0.25, 0.3) is 0 Å². The highest BCUT2D eigenvalue weighted by molar-refractivity contribution is 9.10. The van der Waals surface area contributed by atoms with Crippen molar-refractivity contribution in [2.24, 2.45) is 0 Å². The smallest absolute Gasteiger partial charge is 0.173 e. The largest absolute Gasteiger partial charge is 0.383 e. The van der Waals surface area contributed by atoms with E-state index in [2.05, 4.69) is 49.8 Å². The first-order valence-corrected chi connectivity index (χ1v) is 7.76. The quantitative estimate of drug-likeness (QED) is 0.773. The highest BCUT2D eigenvalue weighted by atomic mass is 79.9. The van der Waals surface area contributed by atoms with Gasteiger partial charge in [-0.15, -0.1) is 5.10 Å². The van der Waals surface area contributed by atoms with Crippen molar-refractivity contribution in [3.05, 3.63) is 34.1 Å². The maximum Gasteiger partial charge on any atom is 0.173 e. The van der Waals surface area contributed by atoms with Crippen LogP contribution in [0.1, 0.15) is 31.3 Å². The van der Waals surface area contributed by atoms with Gasteiger partial charge in [-0.2, -0.15) is 4.68 Å². The molecule has 6 nitrogen and oxygen atoms in total. The zero-order valence-electron chi connectivity index (χ0n) is 12.5. The first-order valence-electron chi connectivity index (χ1n) is 6.96. The number of halogens is 1. The lowest BCUT2D eigenvalue weighted by Gasteiger charge is -2.15. The molecule has 1 aromatic carbocycles.